The van der Waals surface area contributed by atoms with Crippen molar-refractivity contribution in [3.8, 4) is 5.75 Å². The van der Waals surface area contributed by atoms with Crippen LogP contribution in [0.2, 0.25) is 0 Å². The van der Waals surface area contributed by atoms with Crippen molar-refractivity contribution in [3.63, 3.8) is 0 Å². The SMILES string of the molecule is O=C1c2cccc(O)c2C(=O)c2c(NC3CCCCC3)cccc21. The Morgan fingerprint density at radius 1 is 0.833 bits per heavy atom. The lowest BCUT2D eigenvalue weighted by Gasteiger charge is -2.27. The highest BCUT2D eigenvalue weighted by molar-refractivity contribution is 6.31. The molecule has 4 nitrogen and oxygen atoms in total. The second-order valence-corrected chi connectivity index (χ2v) is 6.57. The van der Waals surface area contributed by atoms with Crippen LogP contribution in [-0.4, -0.2) is 22.7 Å². The first-order valence-corrected chi connectivity index (χ1v) is 8.48. The molecule has 2 N–H and O–H groups in total. The van der Waals surface area contributed by atoms with Crippen LogP contribution in [0, 0.1) is 0 Å². The Kier molecular flexibility index (Phi) is 3.60. The summed E-state index contributed by atoms with van der Waals surface area (Å²) in [5, 5.41) is 13.5. The van der Waals surface area contributed by atoms with Crippen molar-refractivity contribution in [2.45, 2.75) is 38.1 Å². The first-order valence-electron chi connectivity index (χ1n) is 8.48. The lowest BCUT2D eigenvalue weighted by atomic mass is 9.82. The van der Waals surface area contributed by atoms with Gasteiger partial charge in [0.1, 0.15) is 5.75 Å². The lowest BCUT2D eigenvalue weighted by molar-refractivity contribution is 0.0977. The Balaban J connectivity index is 1.80. The number of ketones is 2. The van der Waals surface area contributed by atoms with E-state index in [2.05, 4.69) is 5.32 Å². The number of nitrogens with one attached hydrogen (secondary N) is 1. The van der Waals surface area contributed by atoms with Crippen molar-refractivity contribution in [3.05, 3.63) is 58.7 Å². The molecule has 2 aliphatic rings. The maximum absolute atomic E-state index is 13.0. The van der Waals surface area contributed by atoms with E-state index in [0.717, 1.165) is 12.8 Å². The fourth-order valence-corrected chi connectivity index (χ4v) is 3.81. The highest BCUT2D eigenvalue weighted by Crippen LogP contribution is 2.36. The first-order chi connectivity index (χ1) is 11.7. The van der Waals surface area contributed by atoms with Crippen LogP contribution in [0.3, 0.4) is 0 Å². The molecule has 2 aliphatic carbocycles. The number of carbonyl (C=O) groups is 2. The zero-order chi connectivity index (χ0) is 16.7. The number of aromatic hydroxyl groups is 1. The molecule has 24 heavy (non-hydrogen) atoms. The van der Waals surface area contributed by atoms with Crippen molar-refractivity contribution in [1.82, 2.24) is 0 Å². The monoisotopic (exact) mass is 321 g/mol. The average Bonchev–Trinajstić information content (AvgIpc) is 2.60. The smallest absolute Gasteiger partial charge is 0.200 e. The van der Waals surface area contributed by atoms with Crippen molar-refractivity contribution >= 4 is 17.3 Å². The normalized spacial score (nSPS) is 17.3. The van der Waals surface area contributed by atoms with Crippen molar-refractivity contribution < 1.29 is 14.7 Å². The van der Waals surface area contributed by atoms with E-state index in [9.17, 15) is 14.7 Å². The molecule has 4 rings (SSSR count). The molecule has 0 radical (unpaired) electrons. The summed E-state index contributed by atoms with van der Waals surface area (Å²) in [6.45, 7) is 0. The molecule has 0 unspecified atom stereocenters. The maximum atomic E-state index is 13.0. The summed E-state index contributed by atoms with van der Waals surface area (Å²) in [7, 11) is 0. The van der Waals surface area contributed by atoms with E-state index >= 15 is 0 Å². The Labute approximate surface area is 140 Å². The fourth-order valence-electron chi connectivity index (χ4n) is 3.81. The third-order valence-electron chi connectivity index (χ3n) is 5.02. The summed E-state index contributed by atoms with van der Waals surface area (Å²) in [6, 6.07) is 10.3. The molecular formula is C20H19NO3. The van der Waals surface area contributed by atoms with E-state index in [1.807, 2.05) is 12.1 Å². The third-order valence-corrected chi connectivity index (χ3v) is 5.02. The van der Waals surface area contributed by atoms with E-state index in [1.165, 1.54) is 25.3 Å². The molecule has 122 valence electrons. The number of anilines is 1. The number of fused-ring (bicyclic) bond motifs is 2. The second kappa shape index (κ2) is 5.78. The highest BCUT2D eigenvalue weighted by atomic mass is 16.3. The predicted molar refractivity (Wildman–Crippen MR) is 91.9 cm³/mol. The Morgan fingerprint density at radius 3 is 2.25 bits per heavy atom. The van der Waals surface area contributed by atoms with Crippen LogP contribution in [-0.2, 0) is 0 Å². The van der Waals surface area contributed by atoms with Gasteiger partial charge in [-0.1, -0.05) is 43.5 Å². The molecule has 0 spiro atoms. The van der Waals surface area contributed by atoms with Crippen LogP contribution in [0.4, 0.5) is 5.69 Å². The Hall–Kier alpha value is -2.62. The predicted octanol–water partition coefficient (Wildman–Crippen LogP) is 3.91. The molecular weight excluding hydrogens is 302 g/mol. The zero-order valence-electron chi connectivity index (χ0n) is 13.3. The minimum absolute atomic E-state index is 0.118. The number of hydrogen-bond donors (Lipinski definition) is 2. The molecule has 0 aliphatic heterocycles. The summed E-state index contributed by atoms with van der Waals surface area (Å²) >= 11 is 0. The number of phenols is 1. The van der Waals surface area contributed by atoms with Gasteiger partial charge in [0.05, 0.1) is 11.1 Å². The van der Waals surface area contributed by atoms with Gasteiger partial charge in [0.15, 0.2) is 11.6 Å². The van der Waals surface area contributed by atoms with Gasteiger partial charge in [0, 0.05) is 22.9 Å². The van der Waals surface area contributed by atoms with Gasteiger partial charge in [-0.15, -0.1) is 0 Å². The van der Waals surface area contributed by atoms with Crippen LogP contribution < -0.4 is 5.32 Å². The molecule has 0 aromatic heterocycles. The van der Waals surface area contributed by atoms with E-state index in [0.29, 0.717) is 22.9 Å². The van der Waals surface area contributed by atoms with Crippen molar-refractivity contribution in [2.24, 2.45) is 0 Å². The quantitative estimate of drug-likeness (QED) is 0.751. The van der Waals surface area contributed by atoms with Gasteiger partial charge >= 0.3 is 0 Å². The molecule has 2 aromatic rings. The lowest BCUT2D eigenvalue weighted by Crippen LogP contribution is -2.27. The van der Waals surface area contributed by atoms with Gasteiger partial charge in [-0.3, -0.25) is 9.59 Å². The van der Waals surface area contributed by atoms with Gasteiger partial charge in [0.25, 0.3) is 0 Å². The van der Waals surface area contributed by atoms with Crippen LogP contribution in [0.5, 0.6) is 5.75 Å². The van der Waals surface area contributed by atoms with E-state index in [4.69, 9.17) is 0 Å². The summed E-state index contributed by atoms with van der Waals surface area (Å²) in [5.74, 6) is -0.622. The number of phenolic OH excluding ortho intramolecular Hbond substituents is 1. The van der Waals surface area contributed by atoms with Gasteiger partial charge in [-0.2, -0.15) is 0 Å². The summed E-state index contributed by atoms with van der Waals surface area (Å²) in [5.41, 5.74) is 1.91. The van der Waals surface area contributed by atoms with Crippen molar-refractivity contribution in [2.75, 3.05) is 5.32 Å². The van der Waals surface area contributed by atoms with Crippen LogP contribution in [0.25, 0.3) is 0 Å². The molecule has 0 amide bonds. The van der Waals surface area contributed by atoms with E-state index in [-0.39, 0.29) is 28.4 Å². The highest BCUT2D eigenvalue weighted by Gasteiger charge is 2.34. The molecule has 0 atom stereocenters. The number of benzene rings is 2. The zero-order valence-corrected chi connectivity index (χ0v) is 13.3. The molecule has 1 fully saturated rings. The van der Waals surface area contributed by atoms with Gasteiger partial charge in [-0.05, 0) is 25.0 Å². The van der Waals surface area contributed by atoms with Crippen LogP contribution in [0.1, 0.15) is 63.9 Å². The Bertz CT molecular complexity index is 835. The number of carbonyl (C=O) groups excluding carboxylic acids is 2. The van der Waals surface area contributed by atoms with E-state index < -0.39 is 0 Å². The molecule has 1 saturated carbocycles. The number of rotatable bonds is 2. The second-order valence-electron chi connectivity index (χ2n) is 6.57. The summed E-state index contributed by atoms with van der Waals surface area (Å²) < 4.78 is 0. The van der Waals surface area contributed by atoms with Gasteiger partial charge in [-0.25, -0.2) is 0 Å². The maximum Gasteiger partial charge on any atom is 0.200 e. The third kappa shape index (κ3) is 2.30. The van der Waals surface area contributed by atoms with Crippen LogP contribution >= 0.6 is 0 Å². The standard InChI is InChI=1S/C20H19NO3/c22-16-11-5-9-14-18(16)20(24)17-13(19(14)23)8-4-10-15(17)21-12-6-2-1-3-7-12/h4-5,8-12,21-22H,1-3,6-7H2. The minimum atomic E-state index is -0.281. The minimum Gasteiger partial charge on any atom is -0.507 e. The Morgan fingerprint density at radius 2 is 1.50 bits per heavy atom. The number of hydrogen-bond acceptors (Lipinski definition) is 4. The van der Waals surface area contributed by atoms with Crippen LogP contribution in [0.15, 0.2) is 36.4 Å². The molecule has 0 saturated heterocycles. The molecule has 4 heteroatoms. The molecule has 0 heterocycles. The average molecular weight is 321 g/mol. The summed E-state index contributed by atoms with van der Waals surface area (Å²) in [6.07, 6.45) is 5.78. The first kappa shape index (κ1) is 14.9. The van der Waals surface area contributed by atoms with Gasteiger partial charge in [0.2, 0.25) is 0 Å². The van der Waals surface area contributed by atoms with Gasteiger partial charge < -0.3 is 10.4 Å². The topological polar surface area (TPSA) is 66.4 Å². The van der Waals surface area contributed by atoms with E-state index in [1.54, 1.807) is 18.2 Å². The van der Waals surface area contributed by atoms with Crippen molar-refractivity contribution in [1.29, 1.82) is 0 Å². The largest absolute Gasteiger partial charge is 0.507 e. The molecule has 0 bridgehead atoms. The summed E-state index contributed by atoms with van der Waals surface area (Å²) in [4.78, 5) is 25.7. The molecule has 2 aromatic carbocycles. The fraction of sp³-hybridized carbons (Fsp3) is 0.300.